The van der Waals surface area contributed by atoms with Gasteiger partial charge in [-0.1, -0.05) is 0 Å². The normalized spacial score (nSPS) is 10.6. The lowest BCUT2D eigenvalue weighted by Gasteiger charge is -2.08. The van der Waals surface area contributed by atoms with E-state index in [4.69, 9.17) is 8.83 Å². The smallest absolute Gasteiger partial charge is 0.319 e. The zero-order valence-electron chi connectivity index (χ0n) is 13.8. The molecule has 3 rings (SSSR count). The molecule has 3 aromatic rings. The molecule has 0 radical (unpaired) electrons. The molecule has 3 amide bonds. The van der Waals surface area contributed by atoms with E-state index in [1.54, 1.807) is 60.9 Å². The molecule has 26 heavy (non-hydrogen) atoms. The fourth-order valence-corrected chi connectivity index (χ4v) is 2.12. The quantitative estimate of drug-likeness (QED) is 0.588. The van der Waals surface area contributed by atoms with E-state index in [-0.39, 0.29) is 11.9 Å². The Kier molecular flexibility index (Phi) is 5.51. The van der Waals surface area contributed by atoms with Crippen LogP contribution in [0.4, 0.5) is 16.2 Å². The Morgan fingerprint density at radius 3 is 2.23 bits per heavy atom. The Hall–Kier alpha value is -3.74. The van der Waals surface area contributed by atoms with Gasteiger partial charge in [0.2, 0.25) is 5.91 Å². The van der Waals surface area contributed by atoms with Gasteiger partial charge in [0, 0.05) is 17.5 Å². The molecule has 0 saturated carbocycles. The lowest BCUT2D eigenvalue weighted by atomic mass is 10.2. The number of furan rings is 2. The molecular formula is C19H17N3O4. The van der Waals surface area contributed by atoms with Crippen molar-refractivity contribution in [3.8, 4) is 0 Å². The second-order valence-corrected chi connectivity index (χ2v) is 5.30. The van der Waals surface area contributed by atoms with E-state index < -0.39 is 0 Å². The highest BCUT2D eigenvalue weighted by Gasteiger charge is 2.04. The molecule has 0 unspecified atom stereocenters. The molecule has 0 atom stereocenters. The van der Waals surface area contributed by atoms with Crippen LogP contribution in [0.2, 0.25) is 0 Å². The van der Waals surface area contributed by atoms with Crippen LogP contribution < -0.4 is 16.0 Å². The molecule has 0 saturated heterocycles. The van der Waals surface area contributed by atoms with Gasteiger partial charge in [-0.25, -0.2) is 4.79 Å². The van der Waals surface area contributed by atoms with Gasteiger partial charge in [-0.05, 0) is 54.6 Å². The van der Waals surface area contributed by atoms with Gasteiger partial charge in [-0.3, -0.25) is 4.79 Å². The van der Waals surface area contributed by atoms with Crippen LogP contribution in [0.3, 0.4) is 0 Å². The molecule has 132 valence electrons. The molecule has 0 aliphatic heterocycles. The first-order valence-electron chi connectivity index (χ1n) is 7.89. The zero-order valence-corrected chi connectivity index (χ0v) is 13.8. The summed E-state index contributed by atoms with van der Waals surface area (Å²) in [6.07, 6.45) is 6.04. The van der Waals surface area contributed by atoms with Crippen LogP contribution in [0.5, 0.6) is 0 Å². The molecule has 1 aromatic carbocycles. The number of rotatable bonds is 6. The summed E-state index contributed by atoms with van der Waals surface area (Å²) in [5.41, 5.74) is 1.21. The van der Waals surface area contributed by atoms with E-state index in [1.807, 2.05) is 0 Å². The van der Waals surface area contributed by atoms with Gasteiger partial charge in [0.05, 0.1) is 19.1 Å². The minimum absolute atomic E-state index is 0.279. The molecule has 0 fully saturated rings. The van der Waals surface area contributed by atoms with Crippen LogP contribution in [0.15, 0.2) is 76.0 Å². The van der Waals surface area contributed by atoms with Crippen LogP contribution in [-0.4, -0.2) is 11.9 Å². The monoisotopic (exact) mass is 351 g/mol. The van der Waals surface area contributed by atoms with Crippen molar-refractivity contribution in [3.05, 3.63) is 78.7 Å². The Morgan fingerprint density at radius 2 is 1.58 bits per heavy atom. The Labute approximate surface area is 149 Å². The second kappa shape index (κ2) is 8.39. The number of carbonyl (C=O) groups excluding carboxylic acids is 2. The van der Waals surface area contributed by atoms with Crippen molar-refractivity contribution >= 4 is 29.4 Å². The number of urea groups is 1. The summed E-state index contributed by atoms with van der Waals surface area (Å²) in [7, 11) is 0. The summed E-state index contributed by atoms with van der Waals surface area (Å²) in [4.78, 5) is 23.7. The van der Waals surface area contributed by atoms with Crippen LogP contribution in [0.25, 0.3) is 6.08 Å². The molecule has 0 aliphatic rings. The SMILES string of the molecule is O=C(/C=C/c1ccco1)Nc1ccc(NC(=O)NCc2ccco2)cc1. The number of nitrogens with one attached hydrogen (secondary N) is 3. The molecule has 7 nitrogen and oxygen atoms in total. The number of anilines is 2. The molecule has 2 heterocycles. The van der Waals surface area contributed by atoms with Crippen LogP contribution >= 0.6 is 0 Å². The predicted octanol–water partition coefficient (Wildman–Crippen LogP) is 3.85. The number of hydrogen-bond donors (Lipinski definition) is 3. The summed E-state index contributed by atoms with van der Waals surface area (Å²) < 4.78 is 10.2. The minimum atomic E-state index is -0.348. The largest absolute Gasteiger partial charge is 0.467 e. The first-order valence-corrected chi connectivity index (χ1v) is 7.89. The van der Waals surface area contributed by atoms with Gasteiger partial charge in [0.1, 0.15) is 11.5 Å². The molecule has 2 aromatic heterocycles. The molecular weight excluding hydrogens is 334 g/mol. The third-order valence-corrected chi connectivity index (χ3v) is 3.36. The highest BCUT2D eigenvalue weighted by Crippen LogP contribution is 2.14. The maximum absolute atomic E-state index is 11.8. The van der Waals surface area contributed by atoms with Crippen LogP contribution in [0, 0.1) is 0 Å². The molecule has 3 N–H and O–H groups in total. The summed E-state index contributed by atoms with van der Waals surface area (Å²) >= 11 is 0. The Morgan fingerprint density at radius 1 is 0.885 bits per heavy atom. The zero-order chi connectivity index (χ0) is 18.2. The van der Waals surface area contributed by atoms with Gasteiger partial charge in [-0.2, -0.15) is 0 Å². The van der Waals surface area contributed by atoms with Crippen molar-refractivity contribution in [1.82, 2.24) is 5.32 Å². The summed E-state index contributed by atoms with van der Waals surface area (Å²) in [5, 5.41) is 8.10. The molecule has 7 heteroatoms. The van der Waals surface area contributed by atoms with Gasteiger partial charge in [0.25, 0.3) is 0 Å². The first kappa shape index (κ1) is 17.1. The van der Waals surface area contributed by atoms with Crippen LogP contribution in [-0.2, 0) is 11.3 Å². The van der Waals surface area contributed by atoms with Gasteiger partial charge in [-0.15, -0.1) is 0 Å². The van der Waals surface area contributed by atoms with Crippen molar-refractivity contribution < 1.29 is 18.4 Å². The molecule has 0 bridgehead atoms. The predicted molar refractivity (Wildman–Crippen MR) is 97.4 cm³/mol. The van der Waals surface area contributed by atoms with Crippen molar-refractivity contribution in [3.63, 3.8) is 0 Å². The highest BCUT2D eigenvalue weighted by molar-refractivity contribution is 6.01. The highest BCUT2D eigenvalue weighted by atomic mass is 16.3. The standard InChI is InChI=1S/C19H17N3O4/c23-18(10-9-16-3-1-11-25-16)21-14-5-7-15(8-6-14)22-19(24)20-13-17-4-2-12-26-17/h1-12H,13H2,(H,21,23)(H2,20,22,24)/b10-9+. The molecule has 0 aliphatic carbocycles. The Balaban J connectivity index is 1.46. The van der Waals surface area contributed by atoms with Gasteiger partial charge in [0.15, 0.2) is 0 Å². The summed E-state index contributed by atoms with van der Waals surface area (Å²) in [6.45, 7) is 0.301. The lowest BCUT2D eigenvalue weighted by molar-refractivity contribution is -0.111. The maximum atomic E-state index is 11.8. The third kappa shape index (κ3) is 5.13. The number of hydrogen-bond acceptors (Lipinski definition) is 4. The first-order chi connectivity index (χ1) is 12.7. The molecule has 0 spiro atoms. The van der Waals surface area contributed by atoms with Gasteiger partial charge >= 0.3 is 6.03 Å². The van der Waals surface area contributed by atoms with E-state index in [1.165, 1.54) is 12.3 Å². The number of amides is 3. The Bertz CT molecular complexity index is 866. The average molecular weight is 351 g/mol. The van der Waals surface area contributed by atoms with E-state index in [9.17, 15) is 9.59 Å². The van der Waals surface area contributed by atoms with Gasteiger partial charge < -0.3 is 24.8 Å². The van der Waals surface area contributed by atoms with Crippen molar-refractivity contribution in [1.29, 1.82) is 0 Å². The van der Waals surface area contributed by atoms with Crippen molar-refractivity contribution in [2.24, 2.45) is 0 Å². The van der Waals surface area contributed by atoms with E-state index in [0.717, 1.165) is 0 Å². The number of carbonyl (C=O) groups is 2. The summed E-state index contributed by atoms with van der Waals surface area (Å²) in [6, 6.07) is 13.5. The second-order valence-electron chi connectivity index (χ2n) is 5.30. The summed E-state index contributed by atoms with van der Waals surface area (Å²) in [5.74, 6) is 0.986. The van der Waals surface area contributed by atoms with Crippen molar-refractivity contribution in [2.45, 2.75) is 6.54 Å². The van der Waals surface area contributed by atoms with Crippen LogP contribution in [0.1, 0.15) is 11.5 Å². The van der Waals surface area contributed by atoms with Crippen molar-refractivity contribution in [2.75, 3.05) is 10.6 Å². The fourth-order valence-electron chi connectivity index (χ4n) is 2.12. The topological polar surface area (TPSA) is 96.5 Å². The number of benzene rings is 1. The average Bonchev–Trinajstić information content (AvgIpc) is 3.34. The fraction of sp³-hybridized carbons (Fsp3) is 0.0526. The minimum Gasteiger partial charge on any atom is -0.467 e. The van der Waals surface area contributed by atoms with E-state index >= 15 is 0 Å². The lowest BCUT2D eigenvalue weighted by Crippen LogP contribution is -2.27. The van der Waals surface area contributed by atoms with E-state index in [2.05, 4.69) is 16.0 Å². The maximum Gasteiger partial charge on any atom is 0.319 e. The van der Waals surface area contributed by atoms with E-state index in [0.29, 0.717) is 29.4 Å². The third-order valence-electron chi connectivity index (χ3n) is 3.36.